The van der Waals surface area contributed by atoms with Crippen molar-refractivity contribution in [2.24, 2.45) is 5.92 Å². The van der Waals surface area contributed by atoms with E-state index in [2.05, 4.69) is 52.1 Å². The van der Waals surface area contributed by atoms with Crippen molar-refractivity contribution >= 4 is 46.3 Å². The molecule has 230 valence electrons. The van der Waals surface area contributed by atoms with Gasteiger partial charge in [0.15, 0.2) is 27.9 Å². The molecular formula is C32H36ClN7O3S. The Balaban J connectivity index is 1.17. The van der Waals surface area contributed by atoms with Gasteiger partial charge in [0.05, 0.1) is 12.0 Å². The zero-order valence-corrected chi connectivity index (χ0v) is 26.5. The highest BCUT2D eigenvalue weighted by molar-refractivity contribution is 7.99. The average Bonchev–Trinajstić information content (AvgIpc) is 3.34. The van der Waals surface area contributed by atoms with Crippen LogP contribution in [0.2, 0.25) is 5.02 Å². The van der Waals surface area contributed by atoms with E-state index in [1.54, 1.807) is 11.8 Å². The second-order valence-corrected chi connectivity index (χ2v) is 13.7. The number of nitrogens with one attached hydrogen (secondary N) is 2. The van der Waals surface area contributed by atoms with Crippen molar-refractivity contribution in [3.05, 3.63) is 70.7 Å². The van der Waals surface area contributed by atoms with Gasteiger partial charge in [0, 0.05) is 29.3 Å². The highest BCUT2D eigenvalue weighted by Crippen LogP contribution is 2.48. The third kappa shape index (κ3) is 5.90. The molecule has 3 aliphatic rings. The van der Waals surface area contributed by atoms with Crippen LogP contribution < -0.4 is 10.6 Å². The summed E-state index contributed by atoms with van der Waals surface area (Å²) in [6.07, 6.45) is 1.69. The quantitative estimate of drug-likeness (QED) is 0.166. The predicted octanol–water partition coefficient (Wildman–Crippen LogP) is 5.74. The van der Waals surface area contributed by atoms with Crippen LogP contribution in [-0.4, -0.2) is 60.7 Å². The van der Waals surface area contributed by atoms with Crippen LogP contribution in [-0.2, 0) is 20.8 Å². The minimum Gasteiger partial charge on any atom is -0.365 e. The molecule has 2 aromatic heterocycles. The van der Waals surface area contributed by atoms with Gasteiger partial charge in [-0.15, -0.1) is 5.10 Å². The monoisotopic (exact) mass is 633 g/mol. The van der Waals surface area contributed by atoms with E-state index in [0.29, 0.717) is 46.0 Å². The zero-order valence-electron chi connectivity index (χ0n) is 24.9. The minimum atomic E-state index is -0.835. The van der Waals surface area contributed by atoms with Crippen LogP contribution in [0.25, 0.3) is 11.2 Å². The van der Waals surface area contributed by atoms with Crippen LogP contribution in [0.5, 0.6) is 0 Å². The molecule has 6 unspecified atom stereocenters. The van der Waals surface area contributed by atoms with E-state index in [9.17, 15) is 4.79 Å². The third-order valence-corrected chi connectivity index (χ3v) is 9.81. The Hall–Kier alpha value is -3.25. The summed E-state index contributed by atoms with van der Waals surface area (Å²) in [6.45, 7) is 6.27. The van der Waals surface area contributed by atoms with Crippen LogP contribution >= 0.6 is 23.4 Å². The number of fused-ring (bicyclic) bond motifs is 2. The molecule has 3 fully saturated rings. The van der Waals surface area contributed by atoms with Gasteiger partial charge < -0.3 is 20.1 Å². The normalized spacial score (nSPS) is 26.9. The smallest absolute Gasteiger partial charge is 0.226 e. The van der Waals surface area contributed by atoms with Gasteiger partial charge in [-0.25, -0.2) is 14.6 Å². The van der Waals surface area contributed by atoms with Crippen molar-refractivity contribution in [2.45, 2.75) is 87.7 Å². The summed E-state index contributed by atoms with van der Waals surface area (Å²) >= 11 is 7.77. The number of amides is 1. The van der Waals surface area contributed by atoms with Crippen LogP contribution in [0.1, 0.15) is 63.1 Å². The molecule has 2 saturated carbocycles. The van der Waals surface area contributed by atoms with Gasteiger partial charge in [-0.3, -0.25) is 4.79 Å². The highest BCUT2D eigenvalue weighted by atomic mass is 35.5. The molecule has 10 nitrogen and oxygen atoms in total. The largest absolute Gasteiger partial charge is 0.365 e. The third-order valence-electron chi connectivity index (χ3n) is 8.52. The summed E-state index contributed by atoms with van der Waals surface area (Å²) in [5, 5.41) is 17.2. The number of thioether (sulfide) groups is 1. The summed E-state index contributed by atoms with van der Waals surface area (Å²) in [5.41, 5.74) is 3.50. The Labute approximate surface area is 265 Å². The van der Waals surface area contributed by atoms with E-state index in [1.165, 1.54) is 5.56 Å². The fourth-order valence-corrected chi connectivity index (χ4v) is 7.31. The molecule has 2 aromatic carbocycles. The maximum Gasteiger partial charge on any atom is 0.226 e. The van der Waals surface area contributed by atoms with Gasteiger partial charge >= 0.3 is 0 Å². The summed E-state index contributed by atoms with van der Waals surface area (Å²) in [7, 11) is 0. The predicted molar refractivity (Wildman–Crippen MR) is 170 cm³/mol. The van der Waals surface area contributed by atoms with Gasteiger partial charge in [0.1, 0.15) is 12.2 Å². The Bertz CT molecular complexity index is 1670. The Morgan fingerprint density at radius 3 is 2.70 bits per heavy atom. The molecule has 3 heterocycles. The standard InChI is InChI=1S/C32H36ClN7O3S/c1-4-13-44-31-36-28(35-23-15-21(23)19-10-6-5-7-11-19)25-29(37-31)40(39-38-25)24-16-22(26-27(24)43-32(2,3)42-26)30(41)34-17-18-9-8-12-20(33)14-18/h5-12,14,21-24,26-27H,4,13,15-17H2,1-3H3,(H,34,41)(H,35,36,37). The van der Waals surface area contributed by atoms with E-state index in [-0.39, 0.29) is 24.1 Å². The number of anilines is 1. The number of carbonyl (C=O) groups excluding carboxylic acids is 1. The first-order valence-electron chi connectivity index (χ1n) is 15.2. The van der Waals surface area contributed by atoms with Crippen LogP contribution in [0.15, 0.2) is 59.8 Å². The molecule has 6 atom stereocenters. The molecule has 12 heteroatoms. The summed E-state index contributed by atoms with van der Waals surface area (Å²) in [5.74, 6) is 0.657. The number of nitrogens with zero attached hydrogens (tertiary/aromatic N) is 5. The first kappa shape index (κ1) is 29.5. The Morgan fingerprint density at radius 1 is 1.09 bits per heavy atom. The average molecular weight is 634 g/mol. The first-order valence-corrected chi connectivity index (χ1v) is 16.6. The molecule has 2 N–H and O–H groups in total. The van der Waals surface area contributed by atoms with Crippen molar-refractivity contribution in [1.29, 1.82) is 0 Å². The first-order chi connectivity index (χ1) is 21.3. The molecule has 2 aliphatic carbocycles. The van der Waals surface area contributed by atoms with Gasteiger partial charge in [-0.1, -0.05) is 78.0 Å². The number of hydrogen-bond acceptors (Lipinski definition) is 9. The van der Waals surface area contributed by atoms with Gasteiger partial charge in [0.2, 0.25) is 5.91 Å². The van der Waals surface area contributed by atoms with E-state index >= 15 is 0 Å². The Morgan fingerprint density at radius 2 is 1.91 bits per heavy atom. The lowest BCUT2D eigenvalue weighted by atomic mass is 10.0. The van der Waals surface area contributed by atoms with Crippen LogP contribution in [0.4, 0.5) is 5.82 Å². The molecule has 0 radical (unpaired) electrons. The molecule has 0 bridgehead atoms. The highest BCUT2D eigenvalue weighted by Gasteiger charge is 2.57. The molecule has 44 heavy (non-hydrogen) atoms. The maximum atomic E-state index is 13.6. The van der Waals surface area contributed by atoms with Gasteiger partial charge in [-0.05, 0) is 56.4 Å². The Kier molecular flexibility index (Phi) is 7.98. The number of rotatable bonds is 10. The van der Waals surface area contributed by atoms with E-state index in [4.69, 9.17) is 31.0 Å². The number of ether oxygens (including phenoxy) is 2. The molecule has 7 rings (SSSR count). The number of halogens is 1. The zero-order chi connectivity index (χ0) is 30.4. The van der Waals surface area contributed by atoms with Crippen molar-refractivity contribution in [1.82, 2.24) is 30.3 Å². The van der Waals surface area contributed by atoms with E-state index in [0.717, 1.165) is 24.2 Å². The van der Waals surface area contributed by atoms with E-state index in [1.807, 2.05) is 48.9 Å². The molecular weight excluding hydrogens is 598 g/mol. The topological polar surface area (TPSA) is 116 Å². The summed E-state index contributed by atoms with van der Waals surface area (Å²) in [4.78, 5) is 23.4. The van der Waals surface area contributed by atoms with Gasteiger partial charge in [0.25, 0.3) is 0 Å². The SMILES string of the molecule is CCCSc1nc(NC2CC2c2ccccc2)c2nnn(C3CC(C(=O)NCc4cccc(Cl)c4)C4OC(C)(C)OC43)c2n1. The lowest BCUT2D eigenvalue weighted by molar-refractivity contribution is -0.163. The molecule has 4 aromatic rings. The molecule has 0 spiro atoms. The number of aromatic nitrogens is 5. The number of benzene rings is 2. The second kappa shape index (κ2) is 11.9. The van der Waals surface area contributed by atoms with Crippen molar-refractivity contribution in [2.75, 3.05) is 11.1 Å². The maximum absolute atomic E-state index is 13.6. The van der Waals surface area contributed by atoms with Crippen molar-refractivity contribution in [3.8, 4) is 0 Å². The van der Waals surface area contributed by atoms with Crippen LogP contribution in [0.3, 0.4) is 0 Å². The van der Waals surface area contributed by atoms with Crippen molar-refractivity contribution in [3.63, 3.8) is 0 Å². The van der Waals surface area contributed by atoms with E-state index < -0.39 is 17.8 Å². The number of carbonyl (C=O) groups is 1. The fourth-order valence-electron chi connectivity index (χ4n) is 6.41. The fraction of sp³-hybridized carbons (Fsp3) is 0.469. The molecule has 1 saturated heterocycles. The minimum absolute atomic E-state index is 0.0925. The second-order valence-electron chi connectivity index (χ2n) is 12.2. The summed E-state index contributed by atoms with van der Waals surface area (Å²) < 4.78 is 14.6. The van der Waals surface area contributed by atoms with Crippen LogP contribution in [0, 0.1) is 5.92 Å². The molecule has 1 aliphatic heterocycles. The summed E-state index contributed by atoms with van der Waals surface area (Å²) in [6, 6.07) is 18.0. The molecule has 1 amide bonds. The lowest BCUT2D eigenvalue weighted by Gasteiger charge is -2.23. The van der Waals surface area contributed by atoms with Gasteiger partial charge in [-0.2, -0.15) is 0 Å². The van der Waals surface area contributed by atoms with Crippen molar-refractivity contribution < 1.29 is 14.3 Å². The lowest BCUT2D eigenvalue weighted by Crippen LogP contribution is -2.37. The number of hydrogen-bond donors (Lipinski definition) is 2.